The van der Waals surface area contributed by atoms with Crippen molar-refractivity contribution in [2.75, 3.05) is 20.8 Å². The number of carbonyl (C=O) groups excluding carboxylic acids is 1. The maximum Gasteiger partial charge on any atom is 0.190 e. The first kappa shape index (κ1) is 22.2. The number of ketones is 1. The summed E-state index contributed by atoms with van der Waals surface area (Å²) in [4.78, 5) is 13.1. The molecule has 2 N–H and O–H groups in total. The molecule has 1 unspecified atom stereocenters. The highest BCUT2D eigenvalue weighted by Crippen LogP contribution is 2.34. The van der Waals surface area contributed by atoms with Crippen LogP contribution in [0.15, 0.2) is 65.5 Å². The molecule has 5 nitrogen and oxygen atoms in total. The second-order valence-electron chi connectivity index (χ2n) is 9.01. The molecule has 0 fully saturated rings. The first-order valence-corrected chi connectivity index (χ1v) is 11.5. The van der Waals surface area contributed by atoms with Gasteiger partial charge in [0.05, 0.1) is 20.8 Å². The lowest BCUT2D eigenvalue weighted by Crippen LogP contribution is -2.33. The Balaban J connectivity index is 1.72. The van der Waals surface area contributed by atoms with Crippen LogP contribution >= 0.6 is 0 Å². The van der Waals surface area contributed by atoms with Crippen LogP contribution in [-0.2, 0) is 12.8 Å². The Hall–Kier alpha value is -3.57. The number of benzene rings is 2. The predicted octanol–water partition coefficient (Wildman–Crippen LogP) is 3.33. The first-order chi connectivity index (χ1) is 16.4. The van der Waals surface area contributed by atoms with Crippen molar-refractivity contribution in [2.45, 2.75) is 26.2 Å². The summed E-state index contributed by atoms with van der Waals surface area (Å²) in [6, 6.07) is 9.60. The van der Waals surface area contributed by atoms with Gasteiger partial charge in [0.25, 0.3) is 0 Å². The average Bonchev–Trinajstić information content (AvgIpc) is 2.85. The summed E-state index contributed by atoms with van der Waals surface area (Å²) in [5.41, 5.74) is 6.63. The van der Waals surface area contributed by atoms with Gasteiger partial charge in [0.2, 0.25) is 0 Å². The number of rotatable bonds is 5. The Morgan fingerprint density at radius 2 is 1.82 bits per heavy atom. The van der Waals surface area contributed by atoms with E-state index in [9.17, 15) is 15.0 Å². The van der Waals surface area contributed by atoms with E-state index in [0.717, 1.165) is 45.6 Å². The van der Waals surface area contributed by atoms with Crippen LogP contribution in [0.25, 0.3) is 11.1 Å². The molecule has 0 amide bonds. The van der Waals surface area contributed by atoms with Gasteiger partial charge in [-0.15, -0.1) is 0 Å². The van der Waals surface area contributed by atoms with Crippen LogP contribution in [0.4, 0.5) is 0 Å². The van der Waals surface area contributed by atoms with E-state index in [1.54, 1.807) is 14.2 Å². The summed E-state index contributed by atoms with van der Waals surface area (Å²) in [5.74, 6) is 1.39. The number of aliphatic hydroxyl groups excluding tert-OH is 2. The highest BCUT2D eigenvalue weighted by atomic mass is 16.5. The fraction of sp³-hybridized carbons (Fsp3) is 0.276. The van der Waals surface area contributed by atoms with Crippen LogP contribution in [0.3, 0.4) is 0 Å². The third-order valence-corrected chi connectivity index (χ3v) is 7.15. The third kappa shape index (κ3) is 3.57. The van der Waals surface area contributed by atoms with Gasteiger partial charge >= 0.3 is 0 Å². The Morgan fingerprint density at radius 3 is 2.56 bits per heavy atom. The van der Waals surface area contributed by atoms with Crippen molar-refractivity contribution in [1.29, 1.82) is 0 Å². The van der Waals surface area contributed by atoms with Gasteiger partial charge in [0.1, 0.15) is 17.3 Å². The van der Waals surface area contributed by atoms with Gasteiger partial charge in [0.15, 0.2) is 5.78 Å². The monoisotopic (exact) mass is 456 g/mol. The molecule has 3 aliphatic carbocycles. The maximum absolute atomic E-state index is 13.1. The summed E-state index contributed by atoms with van der Waals surface area (Å²) in [7, 11) is 3.21. The maximum atomic E-state index is 13.1. The largest absolute Gasteiger partial charge is 0.507 e. The fourth-order valence-corrected chi connectivity index (χ4v) is 5.31. The van der Waals surface area contributed by atoms with Gasteiger partial charge in [-0.1, -0.05) is 37.3 Å². The molecule has 174 valence electrons. The number of methoxy groups -OCH3 is 2. The quantitative estimate of drug-likeness (QED) is 0.722. The van der Waals surface area contributed by atoms with Crippen LogP contribution in [0.5, 0.6) is 11.5 Å². The molecule has 0 aliphatic heterocycles. The minimum atomic E-state index is -0.168. The number of hydrogen-bond acceptors (Lipinski definition) is 5. The summed E-state index contributed by atoms with van der Waals surface area (Å²) in [6.07, 6.45) is 7.68. The fourth-order valence-electron chi connectivity index (χ4n) is 5.31. The topological polar surface area (TPSA) is 76.0 Å². The zero-order valence-electron chi connectivity index (χ0n) is 19.6. The van der Waals surface area contributed by atoms with E-state index < -0.39 is 0 Å². The van der Waals surface area contributed by atoms with Crippen molar-refractivity contribution in [1.82, 2.24) is 0 Å². The van der Waals surface area contributed by atoms with Crippen molar-refractivity contribution in [3.8, 4) is 11.5 Å². The number of allylic oxidation sites excluding steroid dienone is 5. The smallest absolute Gasteiger partial charge is 0.190 e. The molecule has 34 heavy (non-hydrogen) atoms. The summed E-state index contributed by atoms with van der Waals surface area (Å²) < 4.78 is 10.9. The van der Waals surface area contributed by atoms with Gasteiger partial charge in [-0.25, -0.2) is 0 Å². The molecule has 1 atom stereocenters. The van der Waals surface area contributed by atoms with Gasteiger partial charge in [-0.05, 0) is 63.1 Å². The van der Waals surface area contributed by atoms with Crippen molar-refractivity contribution >= 4 is 16.9 Å². The van der Waals surface area contributed by atoms with Gasteiger partial charge in [-0.2, -0.15) is 0 Å². The first-order valence-electron chi connectivity index (χ1n) is 11.5. The lowest BCUT2D eigenvalue weighted by molar-refractivity contribution is 0.104. The normalized spacial score (nSPS) is 18.9. The van der Waals surface area contributed by atoms with Crippen LogP contribution in [0, 0.1) is 5.92 Å². The third-order valence-electron chi connectivity index (χ3n) is 7.15. The summed E-state index contributed by atoms with van der Waals surface area (Å²) in [6.45, 7) is 2.12. The van der Waals surface area contributed by atoms with Gasteiger partial charge < -0.3 is 19.7 Å². The highest BCUT2D eigenvalue weighted by Gasteiger charge is 2.27. The zero-order chi connectivity index (χ0) is 24.0. The number of ether oxygens (including phenoxy) is 2. The Kier molecular flexibility index (Phi) is 5.66. The van der Waals surface area contributed by atoms with Crippen LogP contribution in [0.1, 0.15) is 34.8 Å². The zero-order valence-corrected chi connectivity index (χ0v) is 19.6. The van der Waals surface area contributed by atoms with Crippen molar-refractivity contribution in [3.05, 3.63) is 92.6 Å². The van der Waals surface area contributed by atoms with Crippen molar-refractivity contribution < 1.29 is 24.5 Å². The molecule has 0 bridgehead atoms. The van der Waals surface area contributed by atoms with Crippen LogP contribution in [0.2, 0.25) is 0 Å². The molecule has 2 aromatic rings. The molecule has 0 radical (unpaired) electrons. The molecule has 3 aliphatic rings. The summed E-state index contributed by atoms with van der Waals surface area (Å²) >= 11 is 0. The van der Waals surface area contributed by atoms with E-state index in [0.29, 0.717) is 29.1 Å². The van der Waals surface area contributed by atoms with E-state index in [4.69, 9.17) is 9.47 Å². The van der Waals surface area contributed by atoms with Crippen molar-refractivity contribution in [3.63, 3.8) is 0 Å². The van der Waals surface area contributed by atoms with E-state index in [1.807, 2.05) is 24.3 Å². The molecule has 0 saturated heterocycles. The lowest BCUT2D eigenvalue weighted by Gasteiger charge is -2.27. The Bertz CT molecular complexity index is 1420. The molecule has 2 aromatic carbocycles. The number of carbonyl (C=O) groups is 1. The highest BCUT2D eigenvalue weighted by molar-refractivity contribution is 6.10. The minimum absolute atomic E-state index is 0.00618. The summed E-state index contributed by atoms with van der Waals surface area (Å²) in [5, 5.41) is 22.4. The van der Waals surface area contributed by atoms with Crippen molar-refractivity contribution in [2.24, 2.45) is 5.92 Å². The molecular weight excluding hydrogens is 428 g/mol. The predicted molar refractivity (Wildman–Crippen MR) is 132 cm³/mol. The number of hydrogen-bond donors (Lipinski definition) is 2. The van der Waals surface area contributed by atoms with Gasteiger partial charge in [-0.3, -0.25) is 4.79 Å². The molecule has 5 heteroatoms. The Morgan fingerprint density at radius 1 is 1.03 bits per heavy atom. The SMILES string of the molecule is COc1ccc(CC2=c3ccc4c(c3C(=O)C=C2O)CCC2=CC(C)C(CO)=CC=42)c(OC)c1. The average molecular weight is 457 g/mol. The number of fused-ring (bicyclic) bond motifs is 4. The minimum Gasteiger partial charge on any atom is -0.507 e. The second kappa shape index (κ2) is 8.65. The number of aliphatic hydroxyl groups is 2. The van der Waals surface area contributed by atoms with E-state index in [2.05, 4.69) is 25.1 Å². The molecule has 5 rings (SSSR count). The van der Waals surface area contributed by atoms with E-state index >= 15 is 0 Å². The van der Waals surface area contributed by atoms with Crippen LogP contribution in [-0.4, -0.2) is 36.8 Å². The second-order valence-corrected chi connectivity index (χ2v) is 9.01. The van der Waals surface area contributed by atoms with Gasteiger partial charge in [0, 0.05) is 29.7 Å². The molecule has 0 spiro atoms. The lowest BCUT2D eigenvalue weighted by atomic mass is 9.77. The van der Waals surface area contributed by atoms with Crippen LogP contribution < -0.4 is 19.9 Å². The Labute approximate surface area is 198 Å². The van der Waals surface area contributed by atoms with E-state index in [1.165, 1.54) is 11.6 Å². The van der Waals surface area contributed by atoms with E-state index in [-0.39, 0.29) is 24.1 Å². The molecule has 0 saturated carbocycles. The molecule has 0 heterocycles. The molecular formula is C29H28O5. The standard InChI is InChI=1S/C29H28O5/c1-16-10-17-5-7-22-21(24(17)12-19(16)15-30)8-9-23-25(26(31)14-27(32)29(22)23)11-18-4-6-20(33-2)13-28(18)34-3/h4,6,8-10,12-14,16,30-31H,5,7,11,15H2,1-3H3. The molecule has 0 aromatic heterocycles.